The van der Waals surface area contributed by atoms with Crippen molar-refractivity contribution in [2.24, 2.45) is 16.2 Å². The summed E-state index contributed by atoms with van der Waals surface area (Å²) in [6.45, 7) is 1.36. The summed E-state index contributed by atoms with van der Waals surface area (Å²) in [4.78, 5) is 0. The molecule has 0 aromatic heterocycles. The minimum absolute atomic E-state index is 0.603. The number of hydrogen-bond acceptors (Lipinski definition) is 3. The van der Waals surface area contributed by atoms with Crippen molar-refractivity contribution in [1.29, 1.82) is 0 Å². The molecule has 0 bridgehead atoms. The summed E-state index contributed by atoms with van der Waals surface area (Å²) in [5.41, 5.74) is 1.09. The lowest BCUT2D eigenvalue weighted by Gasteiger charge is -2.01. The molecule has 0 saturated carbocycles. The van der Waals surface area contributed by atoms with Gasteiger partial charge in [0.25, 0.3) is 0 Å². The highest BCUT2D eigenvalue weighted by Crippen LogP contribution is 2.03. The second-order valence-corrected chi connectivity index (χ2v) is 2.27. The lowest BCUT2D eigenvalue weighted by atomic mass is 10.3. The van der Waals surface area contributed by atoms with Gasteiger partial charge in [-0.1, -0.05) is 23.4 Å². The molecule has 1 rings (SSSR count). The molecule has 0 spiro atoms. The molecule has 0 amide bonds. The maximum Gasteiger partial charge on any atom is 0.0792 e. The van der Waals surface area contributed by atoms with Crippen molar-refractivity contribution in [3.8, 4) is 0 Å². The van der Waals surface area contributed by atoms with Crippen LogP contribution in [0.4, 0.5) is 5.69 Å². The van der Waals surface area contributed by atoms with Crippen LogP contribution in [0.15, 0.2) is 40.7 Å². The number of nitrogens with zero attached hydrogens (tertiary/aromatic N) is 2. The highest BCUT2D eigenvalue weighted by atomic mass is 15.3. The topological polar surface area (TPSA) is 62.8 Å². The average Bonchev–Trinajstić information content (AvgIpc) is 2.14. The first kappa shape index (κ1) is 8.52. The number of anilines is 1. The van der Waals surface area contributed by atoms with Gasteiger partial charge in [-0.25, -0.2) is 0 Å². The summed E-state index contributed by atoms with van der Waals surface area (Å²) < 4.78 is 0. The number of para-hydroxylation sites is 1. The molecule has 0 radical (unpaired) electrons. The number of nitrogens with two attached hydrogens (primary N) is 1. The van der Waals surface area contributed by atoms with Gasteiger partial charge >= 0.3 is 0 Å². The van der Waals surface area contributed by atoms with Crippen LogP contribution in [0.25, 0.3) is 0 Å². The van der Waals surface area contributed by atoms with Gasteiger partial charge in [0.1, 0.15) is 0 Å². The molecule has 0 aliphatic carbocycles. The predicted octanol–water partition coefficient (Wildman–Crippen LogP) is 1.42. The molecule has 0 aliphatic heterocycles. The monoisotopic (exact) mass is 164 g/mol. The molecule has 3 N–H and O–H groups in total. The summed E-state index contributed by atoms with van der Waals surface area (Å²) in [5.74, 6) is 4.84. The quantitative estimate of drug-likeness (QED) is 0.306. The van der Waals surface area contributed by atoms with E-state index in [9.17, 15) is 0 Å². The van der Waals surface area contributed by atoms with E-state index in [0.717, 1.165) is 12.2 Å². The van der Waals surface area contributed by atoms with E-state index in [1.165, 1.54) is 0 Å². The lowest BCUT2D eigenvalue weighted by molar-refractivity contribution is 0.890. The molecule has 0 fully saturated rings. The Hall–Kier alpha value is -1.58. The molecule has 1 aromatic rings. The van der Waals surface area contributed by atoms with Crippen molar-refractivity contribution in [2.75, 3.05) is 18.4 Å². The predicted molar refractivity (Wildman–Crippen MR) is 48.8 cm³/mol. The summed E-state index contributed by atoms with van der Waals surface area (Å²) in [5, 5.41) is 9.95. The van der Waals surface area contributed by atoms with E-state index in [1.54, 1.807) is 0 Å². The molecule has 0 saturated heterocycles. The van der Waals surface area contributed by atoms with Crippen LogP contribution in [0.1, 0.15) is 0 Å². The largest absolute Gasteiger partial charge is 0.383 e. The second-order valence-electron chi connectivity index (χ2n) is 2.27. The van der Waals surface area contributed by atoms with Crippen LogP contribution in [-0.4, -0.2) is 13.1 Å². The highest BCUT2D eigenvalue weighted by molar-refractivity contribution is 5.42. The number of benzene rings is 1. The van der Waals surface area contributed by atoms with Crippen LogP contribution in [0.5, 0.6) is 0 Å². The molecule has 64 valence electrons. The van der Waals surface area contributed by atoms with Crippen molar-refractivity contribution in [2.45, 2.75) is 0 Å². The van der Waals surface area contributed by atoms with E-state index in [0.29, 0.717) is 6.54 Å². The van der Waals surface area contributed by atoms with Crippen LogP contribution >= 0.6 is 0 Å². The SMILES string of the molecule is NN=NCCNc1ccccc1. The Bertz CT molecular complexity index is 232. The van der Waals surface area contributed by atoms with Crippen molar-refractivity contribution >= 4 is 5.69 Å². The third kappa shape index (κ3) is 3.01. The Morgan fingerprint density at radius 2 is 2.00 bits per heavy atom. The van der Waals surface area contributed by atoms with Gasteiger partial charge in [0.15, 0.2) is 0 Å². The fourth-order valence-electron chi connectivity index (χ4n) is 0.864. The molecular weight excluding hydrogens is 152 g/mol. The van der Waals surface area contributed by atoms with Crippen molar-refractivity contribution in [3.05, 3.63) is 30.3 Å². The number of nitrogens with one attached hydrogen (secondary N) is 1. The lowest BCUT2D eigenvalue weighted by Crippen LogP contribution is -2.04. The Labute approximate surface area is 71.5 Å². The maximum atomic E-state index is 4.84. The van der Waals surface area contributed by atoms with Gasteiger partial charge < -0.3 is 11.2 Å². The molecule has 12 heavy (non-hydrogen) atoms. The maximum absolute atomic E-state index is 4.84. The highest BCUT2D eigenvalue weighted by Gasteiger charge is 1.86. The normalized spacial score (nSPS) is 10.3. The molecule has 4 heteroatoms. The van der Waals surface area contributed by atoms with E-state index < -0.39 is 0 Å². The van der Waals surface area contributed by atoms with Crippen molar-refractivity contribution in [1.82, 2.24) is 0 Å². The van der Waals surface area contributed by atoms with E-state index in [4.69, 9.17) is 5.84 Å². The molecule has 1 aromatic carbocycles. The smallest absolute Gasteiger partial charge is 0.0792 e. The minimum Gasteiger partial charge on any atom is -0.383 e. The summed E-state index contributed by atoms with van der Waals surface area (Å²) in [7, 11) is 0. The second kappa shape index (κ2) is 5.12. The zero-order valence-corrected chi connectivity index (χ0v) is 6.77. The third-order valence-electron chi connectivity index (χ3n) is 1.40. The molecule has 4 nitrogen and oxygen atoms in total. The van der Waals surface area contributed by atoms with E-state index in [-0.39, 0.29) is 0 Å². The van der Waals surface area contributed by atoms with Crippen LogP contribution in [0, 0.1) is 0 Å². The number of hydrogen-bond donors (Lipinski definition) is 2. The first-order valence-electron chi connectivity index (χ1n) is 3.79. The van der Waals surface area contributed by atoms with Gasteiger partial charge in [0.05, 0.1) is 6.54 Å². The standard InChI is InChI=1S/C8H12N4/c9-12-11-7-6-10-8-4-2-1-3-5-8/h1-5,10H,6-7H2,(H2,9,11). The Balaban J connectivity index is 2.24. The third-order valence-corrected chi connectivity index (χ3v) is 1.40. The zero-order valence-electron chi connectivity index (χ0n) is 6.77. The summed E-state index contributed by atoms with van der Waals surface area (Å²) >= 11 is 0. The van der Waals surface area contributed by atoms with Crippen LogP contribution in [-0.2, 0) is 0 Å². The van der Waals surface area contributed by atoms with Crippen LogP contribution in [0.2, 0.25) is 0 Å². The molecule has 0 aliphatic rings. The Kier molecular flexibility index (Phi) is 3.63. The zero-order chi connectivity index (χ0) is 8.65. The number of rotatable bonds is 4. The Morgan fingerprint density at radius 3 is 2.67 bits per heavy atom. The summed E-state index contributed by atoms with van der Waals surface area (Å²) in [6.07, 6.45) is 0. The van der Waals surface area contributed by atoms with Crippen LogP contribution in [0.3, 0.4) is 0 Å². The molecular formula is C8H12N4. The molecule has 0 unspecified atom stereocenters. The van der Waals surface area contributed by atoms with E-state index in [2.05, 4.69) is 15.7 Å². The average molecular weight is 164 g/mol. The van der Waals surface area contributed by atoms with E-state index in [1.807, 2.05) is 30.3 Å². The molecule has 0 atom stereocenters. The molecule has 0 heterocycles. The van der Waals surface area contributed by atoms with Gasteiger partial charge in [-0.3, -0.25) is 0 Å². The summed E-state index contributed by atoms with van der Waals surface area (Å²) in [6, 6.07) is 9.93. The first-order chi connectivity index (χ1) is 5.93. The van der Waals surface area contributed by atoms with Crippen LogP contribution < -0.4 is 11.2 Å². The van der Waals surface area contributed by atoms with E-state index >= 15 is 0 Å². The van der Waals surface area contributed by atoms with Gasteiger partial charge in [-0.05, 0) is 12.1 Å². The fraction of sp³-hybridized carbons (Fsp3) is 0.250. The Morgan fingerprint density at radius 1 is 1.25 bits per heavy atom. The van der Waals surface area contributed by atoms with Gasteiger partial charge in [-0.15, -0.1) is 0 Å². The van der Waals surface area contributed by atoms with Gasteiger partial charge in [0.2, 0.25) is 0 Å². The van der Waals surface area contributed by atoms with Crippen molar-refractivity contribution < 1.29 is 0 Å². The van der Waals surface area contributed by atoms with Gasteiger partial charge in [0, 0.05) is 12.2 Å². The first-order valence-corrected chi connectivity index (χ1v) is 3.79. The van der Waals surface area contributed by atoms with Crippen molar-refractivity contribution in [3.63, 3.8) is 0 Å². The minimum atomic E-state index is 0.603. The fourth-order valence-corrected chi connectivity index (χ4v) is 0.864. The van der Waals surface area contributed by atoms with Gasteiger partial charge in [-0.2, -0.15) is 5.11 Å².